The maximum absolute atomic E-state index is 12.0. The summed E-state index contributed by atoms with van der Waals surface area (Å²) >= 11 is 1.72. The van der Waals surface area contributed by atoms with E-state index in [1.165, 1.54) is 5.56 Å². The van der Waals surface area contributed by atoms with Gasteiger partial charge in [0.15, 0.2) is 0 Å². The van der Waals surface area contributed by atoms with Crippen LogP contribution in [0.2, 0.25) is 0 Å². The van der Waals surface area contributed by atoms with Crippen LogP contribution >= 0.6 is 11.8 Å². The van der Waals surface area contributed by atoms with Crippen LogP contribution in [0.25, 0.3) is 0 Å². The smallest absolute Gasteiger partial charge is 0.228 e. The van der Waals surface area contributed by atoms with E-state index in [1.807, 2.05) is 25.1 Å². The summed E-state index contributed by atoms with van der Waals surface area (Å²) in [6.07, 6.45) is 0. The van der Waals surface area contributed by atoms with Gasteiger partial charge in [0.1, 0.15) is 0 Å². The highest BCUT2D eigenvalue weighted by atomic mass is 32.2. The van der Waals surface area contributed by atoms with Crippen LogP contribution in [0.3, 0.4) is 0 Å². The van der Waals surface area contributed by atoms with Crippen molar-refractivity contribution < 1.29 is 4.79 Å². The summed E-state index contributed by atoms with van der Waals surface area (Å²) < 4.78 is 0. The second-order valence-corrected chi connectivity index (χ2v) is 5.48. The number of fused-ring (bicyclic) bond motifs is 2. The molecule has 0 unspecified atom stereocenters. The first-order valence-corrected chi connectivity index (χ1v) is 7.17. The van der Waals surface area contributed by atoms with E-state index in [4.69, 9.17) is 0 Å². The van der Waals surface area contributed by atoms with Crippen LogP contribution in [0.5, 0.6) is 0 Å². The molecule has 1 aliphatic rings. The Bertz CT molecular complexity index is 651. The van der Waals surface area contributed by atoms with Crippen molar-refractivity contribution in [1.29, 1.82) is 0 Å². The second-order valence-electron chi connectivity index (χ2n) is 4.40. The quantitative estimate of drug-likeness (QED) is 0.638. The number of anilines is 2. The Morgan fingerprint density at radius 3 is 2.40 bits per heavy atom. The number of carbonyl (C=O) groups is 1. The maximum atomic E-state index is 12.0. The lowest BCUT2D eigenvalue weighted by Crippen LogP contribution is -2.25. The van der Waals surface area contributed by atoms with Crippen LogP contribution in [0.4, 0.5) is 11.4 Å². The number of hydrogen-bond acceptors (Lipinski definition) is 2. The van der Waals surface area contributed by atoms with Crippen molar-refractivity contribution in [3.05, 3.63) is 61.2 Å². The summed E-state index contributed by atoms with van der Waals surface area (Å²) in [4.78, 5) is 16.0. The van der Waals surface area contributed by atoms with Gasteiger partial charge in [0.2, 0.25) is 5.91 Å². The molecule has 0 saturated carbocycles. The van der Waals surface area contributed by atoms with E-state index in [0.29, 0.717) is 0 Å². The van der Waals surface area contributed by atoms with Gasteiger partial charge in [-0.3, -0.25) is 9.69 Å². The molecule has 102 valence electrons. The monoisotopic (exact) mass is 283 g/mol. The Morgan fingerprint density at radius 2 is 1.70 bits per heavy atom. The Kier molecular flexibility index (Phi) is 4.30. The van der Waals surface area contributed by atoms with Gasteiger partial charge in [0.25, 0.3) is 0 Å². The van der Waals surface area contributed by atoms with E-state index in [9.17, 15) is 4.79 Å². The number of para-hydroxylation sites is 1. The number of nitrogens with zero attached hydrogens (tertiary/aromatic N) is 1. The topological polar surface area (TPSA) is 20.3 Å². The van der Waals surface area contributed by atoms with Gasteiger partial charge >= 0.3 is 0 Å². The molecule has 0 radical (unpaired) electrons. The summed E-state index contributed by atoms with van der Waals surface area (Å²) in [5.41, 5.74) is 3.14. The van der Waals surface area contributed by atoms with Gasteiger partial charge < -0.3 is 0 Å². The average Bonchev–Trinajstić information content (AvgIpc) is 2.46. The molecule has 3 rings (SSSR count). The van der Waals surface area contributed by atoms with Crippen LogP contribution < -0.4 is 4.90 Å². The average molecular weight is 283 g/mol. The molecule has 0 saturated heterocycles. The van der Waals surface area contributed by atoms with E-state index >= 15 is 0 Å². The summed E-state index contributed by atoms with van der Waals surface area (Å²) in [5.74, 6) is 0.0506. The summed E-state index contributed by atoms with van der Waals surface area (Å²) in [6, 6.07) is 14.3. The number of hydrogen-bond donors (Lipinski definition) is 0. The van der Waals surface area contributed by atoms with Gasteiger partial charge in [-0.25, -0.2) is 0 Å². The molecule has 0 aromatic heterocycles. The lowest BCUT2D eigenvalue weighted by molar-refractivity contribution is -0.115. The van der Waals surface area contributed by atoms with Crippen molar-refractivity contribution >= 4 is 29.0 Å². The third-order valence-corrected chi connectivity index (χ3v) is 4.13. The molecule has 2 nitrogen and oxygen atoms in total. The minimum atomic E-state index is 0.0506. The van der Waals surface area contributed by atoms with Gasteiger partial charge in [0.05, 0.1) is 11.4 Å². The van der Waals surface area contributed by atoms with Crippen molar-refractivity contribution in [3.63, 3.8) is 0 Å². The highest BCUT2D eigenvalue weighted by Gasteiger charge is 2.25. The highest BCUT2D eigenvalue weighted by Crippen LogP contribution is 2.48. The fourth-order valence-electron chi connectivity index (χ4n) is 2.20. The molecular weight excluding hydrogens is 266 g/mol. The number of aryl methyl sites for hydroxylation is 1. The summed E-state index contributed by atoms with van der Waals surface area (Å²) in [7, 11) is 0. The fraction of sp³-hybridized carbons (Fsp3) is 0.118. The number of rotatable bonds is 0. The zero-order chi connectivity index (χ0) is 14.7. The Hall–Kier alpha value is -2.00. The van der Waals surface area contributed by atoms with E-state index in [1.54, 1.807) is 23.6 Å². The van der Waals surface area contributed by atoms with Crippen LogP contribution in [0.15, 0.2) is 65.4 Å². The molecule has 0 spiro atoms. The van der Waals surface area contributed by atoms with Crippen molar-refractivity contribution in [2.75, 3.05) is 4.90 Å². The Morgan fingerprint density at radius 1 is 1.05 bits per heavy atom. The molecule has 3 heteroatoms. The van der Waals surface area contributed by atoms with Crippen molar-refractivity contribution in [1.82, 2.24) is 0 Å². The normalized spacial score (nSPS) is 11.8. The van der Waals surface area contributed by atoms with E-state index < -0.39 is 0 Å². The first-order valence-electron chi connectivity index (χ1n) is 6.35. The summed E-state index contributed by atoms with van der Waals surface area (Å²) in [6.45, 7) is 9.66. The standard InChI is InChI=1S/C15H13NOS.C2H4/c1-10-7-8-15-13(9-10)16(11(2)17)12-5-3-4-6-14(12)18-15;1-2/h3-9H,1-2H3;1-2H2. The van der Waals surface area contributed by atoms with Gasteiger partial charge in [-0.1, -0.05) is 30.0 Å². The van der Waals surface area contributed by atoms with Crippen LogP contribution in [-0.2, 0) is 4.79 Å². The molecule has 2 aromatic rings. The molecule has 1 amide bonds. The molecule has 0 bridgehead atoms. The first kappa shape index (κ1) is 14.4. The SMILES string of the molecule is C=C.CC(=O)N1c2ccccc2Sc2ccc(C)cc21. The zero-order valence-corrected chi connectivity index (χ0v) is 12.5. The van der Waals surface area contributed by atoms with Crippen molar-refractivity contribution in [2.45, 2.75) is 23.6 Å². The predicted molar refractivity (Wildman–Crippen MR) is 85.8 cm³/mol. The van der Waals surface area contributed by atoms with Crippen molar-refractivity contribution in [3.8, 4) is 0 Å². The minimum Gasteiger partial charge on any atom is -0.279 e. The molecule has 20 heavy (non-hydrogen) atoms. The lowest BCUT2D eigenvalue weighted by Gasteiger charge is -2.30. The molecule has 0 atom stereocenters. The molecule has 1 aliphatic heterocycles. The van der Waals surface area contributed by atoms with E-state index in [2.05, 4.69) is 37.4 Å². The van der Waals surface area contributed by atoms with Gasteiger partial charge in [0, 0.05) is 16.7 Å². The summed E-state index contributed by atoms with van der Waals surface area (Å²) in [5, 5.41) is 0. The first-order chi connectivity index (χ1) is 9.66. The predicted octanol–water partition coefficient (Wildman–Crippen LogP) is 4.95. The Balaban J connectivity index is 0.000000704. The third-order valence-electron chi connectivity index (χ3n) is 3.00. The van der Waals surface area contributed by atoms with Gasteiger partial charge in [-0.15, -0.1) is 13.2 Å². The number of carbonyl (C=O) groups excluding carboxylic acids is 1. The van der Waals surface area contributed by atoms with Gasteiger partial charge in [-0.05, 0) is 36.8 Å². The molecule has 0 fully saturated rings. The van der Waals surface area contributed by atoms with Gasteiger partial charge in [-0.2, -0.15) is 0 Å². The minimum absolute atomic E-state index is 0.0506. The number of benzene rings is 2. The molecule has 0 aliphatic carbocycles. The van der Waals surface area contributed by atoms with E-state index in [0.717, 1.165) is 21.2 Å². The largest absolute Gasteiger partial charge is 0.279 e. The fourth-order valence-corrected chi connectivity index (χ4v) is 3.24. The molecule has 2 aromatic carbocycles. The Labute approximate surface area is 124 Å². The van der Waals surface area contributed by atoms with Crippen LogP contribution in [0, 0.1) is 6.92 Å². The molecular formula is C17H17NOS. The third kappa shape index (κ3) is 2.49. The lowest BCUT2D eigenvalue weighted by atomic mass is 10.1. The molecule has 0 N–H and O–H groups in total. The van der Waals surface area contributed by atoms with Crippen molar-refractivity contribution in [2.24, 2.45) is 0 Å². The number of amides is 1. The maximum Gasteiger partial charge on any atom is 0.228 e. The van der Waals surface area contributed by atoms with E-state index in [-0.39, 0.29) is 5.91 Å². The molecule has 1 heterocycles. The zero-order valence-electron chi connectivity index (χ0n) is 11.7. The highest BCUT2D eigenvalue weighted by molar-refractivity contribution is 7.99. The van der Waals surface area contributed by atoms with Crippen LogP contribution in [-0.4, -0.2) is 5.91 Å². The van der Waals surface area contributed by atoms with Crippen LogP contribution in [0.1, 0.15) is 12.5 Å². The second kappa shape index (κ2) is 5.97.